The maximum atomic E-state index is 5.53. The van der Waals surface area contributed by atoms with Gasteiger partial charge in [-0.1, -0.05) is 30.3 Å². The Bertz CT molecular complexity index is 853. The molecule has 5 heteroatoms. The van der Waals surface area contributed by atoms with Crippen LogP contribution < -0.4 is 9.47 Å². The van der Waals surface area contributed by atoms with Crippen LogP contribution in [0.3, 0.4) is 0 Å². The molecule has 0 amide bonds. The fourth-order valence-corrected chi connectivity index (χ4v) is 3.61. The normalized spacial score (nSPS) is 16.5. The number of nitrogens with zero attached hydrogens (tertiary/aromatic N) is 3. The third-order valence-corrected chi connectivity index (χ3v) is 5.00. The molecule has 26 heavy (non-hydrogen) atoms. The summed E-state index contributed by atoms with van der Waals surface area (Å²) in [4.78, 5) is 2.35. The summed E-state index contributed by atoms with van der Waals surface area (Å²) in [5, 5.41) is 9.30. The maximum Gasteiger partial charge on any atom is 0.161 e. The monoisotopic (exact) mass is 349 g/mol. The van der Waals surface area contributed by atoms with Gasteiger partial charge >= 0.3 is 0 Å². The van der Waals surface area contributed by atoms with E-state index in [2.05, 4.69) is 33.3 Å². The third kappa shape index (κ3) is 3.05. The summed E-state index contributed by atoms with van der Waals surface area (Å²) in [6, 6.07) is 14.3. The molecule has 2 heterocycles. The van der Waals surface area contributed by atoms with Crippen molar-refractivity contribution in [2.24, 2.45) is 10.2 Å². The van der Waals surface area contributed by atoms with E-state index in [0.29, 0.717) is 5.75 Å². The fourth-order valence-electron chi connectivity index (χ4n) is 3.61. The number of likely N-dealkylation sites (tertiary alicyclic amines) is 1. The van der Waals surface area contributed by atoms with E-state index in [0.717, 1.165) is 53.5 Å². The summed E-state index contributed by atoms with van der Waals surface area (Å²) in [6.07, 6.45) is 3.18. The minimum Gasteiger partial charge on any atom is -0.493 e. The largest absolute Gasteiger partial charge is 0.493 e. The summed E-state index contributed by atoms with van der Waals surface area (Å²) in [5.74, 6) is 2.47. The molecule has 5 nitrogen and oxygen atoms in total. The topological polar surface area (TPSA) is 46.4 Å². The van der Waals surface area contributed by atoms with Crippen molar-refractivity contribution in [2.75, 3.05) is 27.3 Å². The van der Waals surface area contributed by atoms with E-state index in [1.54, 1.807) is 14.2 Å². The van der Waals surface area contributed by atoms with Crippen LogP contribution in [-0.2, 0) is 6.42 Å². The van der Waals surface area contributed by atoms with Gasteiger partial charge in [0.2, 0.25) is 0 Å². The van der Waals surface area contributed by atoms with Crippen molar-refractivity contribution in [3.63, 3.8) is 0 Å². The molecular formula is C21H23N3O2. The van der Waals surface area contributed by atoms with Gasteiger partial charge in [0.15, 0.2) is 11.5 Å². The molecule has 2 aliphatic heterocycles. The Morgan fingerprint density at radius 1 is 0.885 bits per heavy atom. The Morgan fingerprint density at radius 2 is 1.58 bits per heavy atom. The molecule has 0 aromatic heterocycles. The highest BCUT2D eigenvalue weighted by molar-refractivity contribution is 6.15. The van der Waals surface area contributed by atoms with Crippen LogP contribution in [0.2, 0.25) is 0 Å². The molecule has 2 aromatic carbocycles. The average Bonchev–Trinajstić information content (AvgIpc) is 3.16. The lowest BCUT2D eigenvalue weighted by molar-refractivity contribution is 0.354. The summed E-state index contributed by atoms with van der Waals surface area (Å²) in [6.45, 7) is 2.11. The highest BCUT2D eigenvalue weighted by Crippen LogP contribution is 2.33. The van der Waals surface area contributed by atoms with Crippen molar-refractivity contribution in [3.05, 3.63) is 59.2 Å². The van der Waals surface area contributed by atoms with Crippen LogP contribution in [0.25, 0.3) is 0 Å². The van der Waals surface area contributed by atoms with Gasteiger partial charge in [0.25, 0.3) is 0 Å². The highest BCUT2D eigenvalue weighted by Gasteiger charge is 2.24. The Balaban J connectivity index is 1.86. The molecule has 0 unspecified atom stereocenters. The van der Waals surface area contributed by atoms with Gasteiger partial charge in [0.05, 0.1) is 14.2 Å². The molecule has 0 aliphatic carbocycles. The number of hydrogen-bond donors (Lipinski definition) is 0. The van der Waals surface area contributed by atoms with Gasteiger partial charge in [-0.3, -0.25) is 0 Å². The fraction of sp³-hybridized carbons (Fsp3) is 0.333. The zero-order chi connectivity index (χ0) is 17.9. The first-order valence-corrected chi connectivity index (χ1v) is 9.00. The van der Waals surface area contributed by atoms with Crippen LogP contribution in [0.15, 0.2) is 52.7 Å². The number of amidine groups is 1. The van der Waals surface area contributed by atoms with E-state index in [-0.39, 0.29) is 0 Å². The Morgan fingerprint density at radius 3 is 2.27 bits per heavy atom. The summed E-state index contributed by atoms with van der Waals surface area (Å²) in [7, 11) is 3.33. The van der Waals surface area contributed by atoms with Gasteiger partial charge in [-0.25, -0.2) is 0 Å². The Hall–Kier alpha value is -2.82. The van der Waals surface area contributed by atoms with Crippen LogP contribution in [0.4, 0.5) is 0 Å². The molecule has 2 aliphatic rings. The summed E-state index contributed by atoms with van der Waals surface area (Å²) < 4.78 is 11.1. The molecule has 4 rings (SSSR count). The first-order chi connectivity index (χ1) is 12.8. The van der Waals surface area contributed by atoms with Gasteiger partial charge in [-0.05, 0) is 30.5 Å². The number of fused-ring (bicyclic) bond motifs is 1. The Labute approximate surface area is 154 Å². The zero-order valence-electron chi connectivity index (χ0n) is 15.2. The highest BCUT2D eigenvalue weighted by atomic mass is 16.5. The molecule has 1 saturated heterocycles. The van der Waals surface area contributed by atoms with E-state index in [9.17, 15) is 0 Å². The maximum absolute atomic E-state index is 5.53. The predicted molar refractivity (Wildman–Crippen MR) is 104 cm³/mol. The van der Waals surface area contributed by atoms with Gasteiger partial charge in [0, 0.05) is 30.6 Å². The first kappa shape index (κ1) is 16.6. The predicted octanol–water partition coefficient (Wildman–Crippen LogP) is 3.51. The van der Waals surface area contributed by atoms with Crippen molar-refractivity contribution in [1.29, 1.82) is 0 Å². The van der Waals surface area contributed by atoms with E-state index in [4.69, 9.17) is 9.47 Å². The molecule has 0 bridgehead atoms. The van der Waals surface area contributed by atoms with Crippen molar-refractivity contribution < 1.29 is 9.47 Å². The Kier molecular flexibility index (Phi) is 4.61. The lowest BCUT2D eigenvalue weighted by Crippen LogP contribution is -2.29. The smallest absolute Gasteiger partial charge is 0.161 e. The average molecular weight is 349 g/mol. The number of hydrogen-bond acceptors (Lipinski definition) is 5. The number of benzene rings is 2. The lowest BCUT2D eigenvalue weighted by Gasteiger charge is -2.19. The van der Waals surface area contributed by atoms with Crippen molar-refractivity contribution >= 4 is 11.5 Å². The second kappa shape index (κ2) is 7.20. The van der Waals surface area contributed by atoms with Gasteiger partial charge < -0.3 is 14.4 Å². The van der Waals surface area contributed by atoms with Gasteiger partial charge in [-0.15, -0.1) is 10.2 Å². The zero-order valence-corrected chi connectivity index (χ0v) is 15.2. The van der Waals surface area contributed by atoms with Gasteiger partial charge in [-0.2, -0.15) is 0 Å². The summed E-state index contributed by atoms with van der Waals surface area (Å²) in [5.41, 5.74) is 4.13. The van der Waals surface area contributed by atoms with Crippen molar-refractivity contribution in [1.82, 2.24) is 4.90 Å². The molecule has 134 valence electrons. The van der Waals surface area contributed by atoms with Crippen LogP contribution in [-0.4, -0.2) is 43.8 Å². The van der Waals surface area contributed by atoms with Crippen molar-refractivity contribution in [3.8, 4) is 11.5 Å². The molecule has 0 saturated carbocycles. The minimum absolute atomic E-state index is 0.708. The van der Waals surface area contributed by atoms with Crippen LogP contribution in [0.5, 0.6) is 11.5 Å². The minimum atomic E-state index is 0.708. The number of ether oxygens (including phenoxy) is 2. The SMILES string of the molecule is COc1cc2c(cc1OC)C(c1ccccc1)=NN=C(N1CCCC1)C2. The van der Waals surface area contributed by atoms with E-state index < -0.39 is 0 Å². The first-order valence-electron chi connectivity index (χ1n) is 9.00. The molecule has 1 fully saturated rings. The van der Waals surface area contributed by atoms with Crippen LogP contribution >= 0.6 is 0 Å². The van der Waals surface area contributed by atoms with Crippen LogP contribution in [0.1, 0.15) is 29.5 Å². The van der Waals surface area contributed by atoms with E-state index in [1.807, 2.05) is 24.3 Å². The lowest BCUT2D eigenvalue weighted by atomic mass is 9.95. The molecule has 0 N–H and O–H groups in total. The number of rotatable bonds is 3. The van der Waals surface area contributed by atoms with E-state index >= 15 is 0 Å². The quantitative estimate of drug-likeness (QED) is 0.852. The standard InChI is InChI=1S/C21H23N3O2/c1-25-18-12-16-13-20(24-10-6-7-11-24)22-23-21(15-8-4-3-5-9-15)17(16)14-19(18)26-2/h3-5,8-9,12,14H,6-7,10-11,13H2,1-2H3. The van der Waals surface area contributed by atoms with Crippen LogP contribution in [0, 0.1) is 0 Å². The molecule has 0 atom stereocenters. The summed E-state index contributed by atoms with van der Waals surface area (Å²) >= 11 is 0. The van der Waals surface area contributed by atoms with Gasteiger partial charge in [0.1, 0.15) is 11.5 Å². The molecule has 0 spiro atoms. The molecule has 2 aromatic rings. The number of methoxy groups -OCH3 is 2. The molecular weight excluding hydrogens is 326 g/mol. The second-order valence-corrected chi connectivity index (χ2v) is 6.57. The van der Waals surface area contributed by atoms with Crippen molar-refractivity contribution in [2.45, 2.75) is 19.3 Å². The molecule has 0 radical (unpaired) electrons. The third-order valence-electron chi connectivity index (χ3n) is 5.00. The van der Waals surface area contributed by atoms with E-state index in [1.165, 1.54) is 12.8 Å². The second-order valence-electron chi connectivity index (χ2n) is 6.57.